The van der Waals surface area contributed by atoms with Crippen molar-refractivity contribution in [2.24, 2.45) is 5.92 Å². The number of likely N-dealkylation sites (tertiary alicyclic amines) is 1. The van der Waals surface area contributed by atoms with E-state index >= 15 is 0 Å². The third kappa shape index (κ3) is 6.90. The maximum Gasteiger partial charge on any atom is 0.335 e. The first-order valence-electron chi connectivity index (χ1n) is 10.5. The molecule has 1 amide bonds. The second kappa shape index (κ2) is 11.1. The largest absolute Gasteiger partial charge is 0.478 e. The van der Waals surface area contributed by atoms with E-state index in [2.05, 4.69) is 11.8 Å². The van der Waals surface area contributed by atoms with Gasteiger partial charge in [-0.1, -0.05) is 38.1 Å². The first kappa shape index (κ1) is 24.5. The lowest BCUT2D eigenvalue weighted by atomic mass is 9.99. The lowest BCUT2D eigenvalue weighted by molar-refractivity contribution is -0.148. The highest BCUT2D eigenvalue weighted by Crippen LogP contribution is 2.34. The zero-order valence-corrected chi connectivity index (χ0v) is 17.9. The van der Waals surface area contributed by atoms with E-state index in [4.69, 9.17) is 5.11 Å². The average molecular weight is 433 g/mol. The summed E-state index contributed by atoms with van der Waals surface area (Å²) in [6.07, 6.45) is 4.06. The van der Waals surface area contributed by atoms with Crippen molar-refractivity contribution in [2.45, 2.75) is 64.0 Å². The Balaban J connectivity index is 2.01. The number of carbonyl (C=O) groups excluding carboxylic acids is 1. The summed E-state index contributed by atoms with van der Waals surface area (Å²) in [4.78, 5) is 24.2. The summed E-state index contributed by atoms with van der Waals surface area (Å²) < 4.78 is 28.1. The van der Waals surface area contributed by atoms with Crippen LogP contribution in [-0.4, -0.2) is 51.6 Å². The number of benzene rings is 1. The highest BCUT2D eigenvalue weighted by molar-refractivity contribution is 5.87. The van der Waals surface area contributed by atoms with E-state index in [1.165, 1.54) is 24.3 Å². The second-order valence-corrected chi connectivity index (χ2v) is 7.89. The molecule has 0 aromatic heterocycles. The molecule has 0 saturated carbocycles. The van der Waals surface area contributed by atoms with Crippen LogP contribution in [0.3, 0.4) is 0 Å². The number of carbonyl (C=O) groups is 2. The minimum absolute atomic E-state index is 0.0734. The Bertz CT molecular complexity index is 855. The number of alkyl halides is 2. The van der Waals surface area contributed by atoms with E-state index in [9.17, 15) is 23.5 Å². The third-order valence-electron chi connectivity index (χ3n) is 5.32. The summed E-state index contributed by atoms with van der Waals surface area (Å²) in [5.74, 6) is 0.158. The van der Waals surface area contributed by atoms with Crippen molar-refractivity contribution in [3.63, 3.8) is 0 Å². The predicted octanol–water partition coefficient (Wildman–Crippen LogP) is 3.91. The van der Waals surface area contributed by atoms with Crippen LogP contribution in [0.2, 0.25) is 0 Å². The third-order valence-corrected chi connectivity index (χ3v) is 5.32. The quantitative estimate of drug-likeness (QED) is 0.457. The fraction of sp³-hybridized carbons (Fsp3) is 0.500. The smallest absolute Gasteiger partial charge is 0.335 e. The van der Waals surface area contributed by atoms with Crippen molar-refractivity contribution in [3.8, 4) is 11.8 Å². The van der Waals surface area contributed by atoms with Gasteiger partial charge in [0.05, 0.1) is 17.7 Å². The Morgan fingerprint density at radius 1 is 1.32 bits per heavy atom. The van der Waals surface area contributed by atoms with Gasteiger partial charge in [-0.25, -0.2) is 4.79 Å². The molecule has 0 aliphatic carbocycles. The lowest BCUT2D eigenvalue weighted by Gasteiger charge is -2.22. The molecule has 1 aliphatic heterocycles. The van der Waals surface area contributed by atoms with Crippen LogP contribution >= 0.6 is 0 Å². The van der Waals surface area contributed by atoms with Crippen LogP contribution in [0.25, 0.3) is 0 Å². The SMILES string of the molecule is CCCC#CC[C@H](C)[C@H](O)/C=C/[C@H]1CC(F)(F)C(=O)N1CCc1ccc(C(=O)O)cc1. The molecule has 0 spiro atoms. The molecule has 31 heavy (non-hydrogen) atoms. The standard InChI is InChI=1S/C24H29F2NO4/c1-3-4-5-6-7-17(2)21(28)13-12-20-16-24(25,26)23(31)27(20)15-14-18-8-10-19(11-9-18)22(29)30/h8-13,17,20-21,28H,3-4,7,14-16H2,1-2H3,(H,29,30)/b13-12+/t17-,20-,21+/m0/s1. The van der Waals surface area contributed by atoms with E-state index in [-0.39, 0.29) is 18.0 Å². The fourth-order valence-electron chi connectivity index (χ4n) is 3.32. The molecule has 1 aromatic rings. The monoisotopic (exact) mass is 433 g/mol. The number of rotatable bonds is 9. The number of aromatic carboxylic acids is 1. The van der Waals surface area contributed by atoms with E-state index < -0.39 is 36.4 Å². The molecule has 1 saturated heterocycles. The maximum atomic E-state index is 14.1. The number of carboxylic acids is 1. The second-order valence-electron chi connectivity index (χ2n) is 7.89. The number of halogens is 2. The first-order chi connectivity index (χ1) is 14.7. The zero-order valence-electron chi connectivity index (χ0n) is 17.9. The van der Waals surface area contributed by atoms with Gasteiger partial charge in [-0.2, -0.15) is 8.78 Å². The molecule has 0 radical (unpaired) electrons. The van der Waals surface area contributed by atoms with Gasteiger partial charge in [0.2, 0.25) is 0 Å². The Morgan fingerprint density at radius 2 is 2.00 bits per heavy atom. The minimum atomic E-state index is -3.44. The van der Waals surface area contributed by atoms with Crippen molar-refractivity contribution >= 4 is 11.9 Å². The predicted molar refractivity (Wildman–Crippen MR) is 114 cm³/mol. The Labute approximate surface area is 181 Å². The highest BCUT2D eigenvalue weighted by Gasteiger charge is 2.52. The number of aliphatic hydroxyl groups excluding tert-OH is 1. The van der Waals surface area contributed by atoms with Gasteiger partial charge in [0, 0.05) is 25.8 Å². The summed E-state index contributed by atoms with van der Waals surface area (Å²) in [5, 5.41) is 19.3. The van der Waals surface area contributed by atoms with Gasteiger partial charge in [0.15, 0.2) is 0 Å². The van der Waals surface area contributed by atoms with Crippen LogP contribution in [0.5, 0.6) is 0 Å². The van der Waals surface area contributed by atoms with Gasteiger partial charge in [0.25, 0.3) is 5.91 Å². The van der Waals surface area contributed by atoms with Crippen molar-refractivity contribution in [1.29, 1.82) is 0 Å². The fourth-order valence-corrected chi connectivity index (χ4v) is 3.32. The number of hydrogen-bond donors (Lipinski definition) is 2. The van der Waals surface area contributed by atoms with Crippen molar-refractivity contribution in [2.75, 3.05) is 6.54 Å². The number of hydrogen-bond acceptors (Lipinski definition) is 3. The van der Waals surface area contributed by atoms with Crippen LogP contribution in [0.15, 0.2) is 36.4 Å². The molecular formula is C24H29F2NO4. The van der Waals surface area contributed by atoms with E-state index in [1.807, 2.05) is 13.8 Å². The Hall–Kier alpha value is -2.72. The number of aliphatic hydroxyl groups is 1. The maximum absolute atomic E-state index is 14.1. The zero-order chi connectivity index (χ0) is 23.0. The molecule has 1 fully saturated rings. The summed E-state index contributed by atoms with van der Waals surface area (Å²) in [7, 11) is 0. The van der Waals surface area contributed by atoms with Gasteiger partial charge in [-0.05, 0) is 36.5 Å². The first-order valence-corrected chi connectivity index (χ1v) is 10.5. The molecule has 1 heterocycles. The molecule has 2 rings (SSSR count). The van der Waals surface area contributed by atoms with Crippen molar-refractivity contribution < 1.29 is 28.6 Å². The molecule has 1 aliphatic rings. The van der Waals surface area contributed by atoms with Crippen LogP contribution in [0.4, 0.5) is 8.78 Å². The number of amides is 1. The number of nitrogens with zero attached hydrogens (tertiary/aromatic N) is 1. The van der Waals surface area contributed by atoms with Gasteiger partial charge in [-0.3, -0.25) is 4.79 Å². The van der Waals surface area contributed by atoms with Gasteiger partial charge in [-0.15, -0.1) is 11.8 Å². The Morgan fingerprint density at radius 3 is 2.61 bits per heavy atom. The topological polar surface area (TPSA) is 77.8 Å². The molecular weight excluding hydrogens is 404 g/mol. The van der Waals surface area contributed by atoms with Gasteiger partial charge < -0.3 is 15.1 Å². The van der Waals surface area contributed by atoms with Crippen LogP contribution in [0.1, 0.15) is 55.5 Å². The van der Waals surface area contributed by atoms with Crippen molar-refractivity contribution in [3.05, 3.63) is 47.5 Å². The molecule has 3 atom stereocenters. The number of carboxylic acid groups (broad SMARTS) is 1. The lowest BCUT2D eigenvalue weighted by Crippen LogP contribution is -2.37. The summed E-state index contributed by atoms with van der Waals surface area (Å²) in [6.45, 7) is 3.94. The van der Waals surface area contributed by atoms with Crippen LogP contribution < -0.4 is 0 Å². The average Bonchev–Trinajstić information content (AvgIpc) is 2.96. The minimum Gasteiger partial charge on any atom is -0.478 e. The van der Waals surface area contributed by atoms with Crippen LogP contribution in [-0.2, 0) is 11.2 Å². The molecule has 2 N–H and O–H groups in total. The van der Waals surface area contributed by atoms with Gasteiger partial charge >= 0.3 is 11.9 Å². The summed E-state index contributed by atoms with van der Waals surface area (Å²) in [5.41, 5.74) is 0.880. The van der Waals surface area contributed by atoms with Gasteiger partial charge in [0.1, 0.15) is 0 Å². The molecule has 168 valence electrons. The van der Waals surface area contributed by atoms with E-state index in [0.717, 1.165) is 23.3 Å². The van der Waals surface area contributed by atoms with E-state index in [1.54, 1.807) is 12.1 Å². The molecule has 1 aromatic carbocycles. The normalized spacial score (nSPS) is 19.8. The highest BCUT2D eigenvalue weighted by atomic mass is 19.3. The summed E-state index contributed by atoms with van der Waals surface area (Å²) >= 11 is 0. The molecule has 0 unspecified atom stereocenters. The van der Waals surface area contributed by atoms with Crippen molar-refractivity contribution in [1.82, 2.24) is 4.90 Å². The summed E-state index contributed by atoms with van der Waals surface area (Å²) in [6, 6.07) is 5.29. The molecule has 0 bridgehead atoms. The number of unbranched alkanes of at least 4 members (excludes halogenated alkanes) is 1. The van der Waals surface area contributed by atoms with E-state index in [0.29, 0.717) is 12.8 Å². The van der Waals surface area contributed by atoms with Crippen LogP contribution in [0, 0.1) is 17.8 Å². The molecule has 7 heteroatoms. The Kier molecular flexibility index (Phi) is 8.76. The molecule has 5 nitrogen and oxygen atoms in total.